The number of benzene rings is 1. The van der Waals surface area contributed by atoms with Gasteiger partial charge >= 0.3 is 0 Å². The van der Waals surface area contributed by atoms with E-state index in [4.69, 9.17) is 0 Å². The van der Waals surface area contributed by atoms with E-state index in [1.807, 2.05) is 19.2 Å². The van der Waals surface area contributed by atoms with E-state index in [1.54, 1.807) is 10.9 Å². The van der Waals surface area contributed by atoms with Crippen LogP contribution >= 0.6 is 0 Å². The molecule has 0 aliphatic carbocycles. The van der Waals surface area contributed by atoms with Gasteiger partial charge in [0.2, 0.25) is 5.91 Å². The molecule has 0 bridgehead atoms. The lowest BCUT2D eigenvalue weighted by molar-refractivity contribution is -0.125. The molecule has 0 saturated carbocycles. The number of H-pyrrole nitrogens is 1. The van der Waals surface area contributed by atoms with E-state index in [9.17, 15) is 4.79 Å². The number of nitrogens with zero attached hydrogens (tertiary/aromatic N) is 2. The van der Waals surface area contributed by atoms with Gasteiger partial charge in [-0.05, 0) is 43.5 Å². The summed E-state index contributed by atoms with van der Waals surface area (Å²) in [7, 11) is 0. The van der Waals surface area contributed by atoms with Crippen LogP contribution in [0.1, 0.15) is 36.2 Å². The van der Waals surface area contributed by atoms with Crippen molar-refractivity contribution in [2.75, 3.05) is 0 Å². The standard InChI is InChI=1S/C20H26N4O/c1-5-18-15(4)17-10-13(2)9-16(19(17)23-18)11-21-20(25)14(3)12-24-8-6-7-22-24/h6-10,14,23H,5,11-12H2,1-4H3,(H,21,25)/t14-/m1/s1. The van der Waals surface area contributed by atoms with Gasteiger partial charge in [0, 0.05) is 30.0 Å². The number of hydrogen-bond donors (Lipinski definition) is 2. The molecule has 0 unspecified atom stereocenters. The van der Waals surface area contributed by atoms with Crippen LogP contribution in [0.15, 0.2) is 30.6 Å². The summed E-state index contributed by atoms with van der Waals surface area (Å²) < 4.78 is 1.79. The number of aryl methyl sites for hydroxylation is 3. The zero-order chi connectivity index (χ0) is 18.0. The Morgan fingerprint density at radius 3 is 2.84 bits per heavy atom. The Morgan fingerprint density at radius 1 is 1.36 bits per heavy atom. The topological polar surface area (TPSA) is 62.7 Å². The monoisotopic (exact) mass is 338 g/mol. The summed E-state index contributed by atoms with van der Waals surface area (Å²) >= 11 is 0. The fourth-order valence-corrected chi connectivity index (χ4v) is 3.33. The molecule has 0 spiro atoms. The molecule has 0 fully saturated rings. The van der Waals surface area contributed by atoms with Crippen LogP contribution in [-0.4, -0.2) is 20.7 Å². The predicted octanol–water partition coefficient (Wildman–Crippen LogP) is 3.50. The lowest BCUT2D eigenvalue weighted by atomic mass is 10.0. The molecule has 5 nitrogen and oxygen atoms in total. The average molecular weight is 338 g/mol. The number of aromatic amines is 1. The first kappa shape index (κ1) is 17.3. The molecule has 0 saturated heterocycles. The largest absolute Gasteiger partial charge is 0.358 e. The lowest BCUT2D eigenvalue weighted by Gasteiger charge is -2.13. The number of amides is 1. The Hall–Kier alpha value is -2.56. The van der Waals surface area contributed by atoms with Crippen LogP contribution in [0.25, 0.3) is 10.9 Å². The van der Waals surface area contributed by atoms with Crippen molar-refractivity contribution in [3.63, 3.8) is 0 Å². The van der Waals surface area contributed by atoms with Crippen molar-refractivity contribution in [1.82, 2.24) is 20.1 Å². The van der Waals surface area contributed by atoms with Gasteiger partial charge in [-0.25, -0.2) is 0 Å². The number of aromatic nitrogens is 3. The van der Waals surface area contributed by atoms with Gasteiger partial charge in [-0.3, -0.25) is 9.48 Å². The molecular weight excluding hydrogens is 312 g/mol. The number of nitrogens with one attached hydrogen (secondary N) is 2. The first-order chi connectivity index (χ1) is 12.0. The van der Waals surface area contributed by atoms with E-state index in [0.29, 0.717) is 13.1 Å². The number of carbonyl (C=O) groups is 1. The minimum atomic E-state index is -0.128. The minimum absolute atomic E-state index is 0.0455. The van der Waals surface area contributed by atoms with Crippen LogP contribution in [0.2, 0.25) is 0 Å². The van der Waals surface area contributed by atoms with Crippen molar-refractivity contribution in [2.45, 2.75) is 47.2 Å². The fourth-order valence-electron chi connectivity index (χ4n) is 3.33. The third kappa shape index (κ3) is 3.60. The quantitative estimate of drug-likeness (QED) is 0.722. The minimum Gasteiger partial charge on any atom is -0.358 e. The second-order valence-electron chi connectivity index (χ2n) is 6.78. The summed E-state index contributed by atoms with van der Waals surface area (Å²) in [4.78, 5) is 16.0. The van der Waals surface area contributed by atoms with Gasteiger partial charge < -0.3 is 10.3 Å². The van der Waals surface area contributed by atoms with E-state index >= 15 is 0 Å². The smallest absolute Gasteiger partial charge is 0.224 e. The maximum Gasteiger partial charge on any atom is 0.224 e. The van der Waals surface area contributed by atoms with Gasteiger partial charge in [0.05, 0.1) is 18.0 Å². The second kappa shape index (κ2) is 7.13. The Labute approximate surface area is 148 Å². The van der Waals surface area contributed by atoms with Crippen molar-refractivity contribution >= 4 is 16.8 Å². The molecule has 0 aliphatic rings. The van der Waals surface area contributed by atoms with Crippen molar-refractivity contribution in [3.05, 3.63) is 53.0 Å². The highest BCUT2D eigenvalue weighted by atomic mass is 16.1. The molecule has 1 atom stereocenters. The Bertz CT molecular complexity index is 877. The molecule has 5 heteroatoms. The molecule has 1 aromatic carbocycles. The summed E-state index contributed by atoms with van der Waals surface area (Å²) in [5.41, 5.74) is 6.06. The number of rotatable bonds is 6. The third-order valence-electron chi connectivity index (χ3n) is 4.77. The highest BCUT2D eigenvalue weighted by Crippen LogP contribution is 2.26. The average Bonchev–Trinajstić information content (AvgIpc) is 3.20. The van der Waals surface area contributed by atoms with E-state index in [2.05, 4.69) is 48.3 Å². The molecule has 0 radical (unpaired) electrons. The van der Waals surface area contributed by atoms with E-state index < -0.39 is 0 Å². The summed E-state index contributed by atoms with van der Waals surface area (Å²) in [6.45, 7) is 9.46. The summed E-state index contributed by atoms with van der Waals surface area (Å²) in [6.07, 6.45) is 4.58. The first-order valence-corrected chi connectivity index (χ1v) is 8.85. The van der Waals surface area contributed by atoms with Crippen LogP contribution in [-0.2, 0) is 24.3 Å². The predicted molar refractivity (Wildman–Crippen MR) is 100 cm³/mol. The van der Waals surface area contributed by atoms with Gasteiger partial charge in [-0.1, -0.05) is 25.5 Å². The zero-order valence-electron chi connectivity index (χ0n) is 15.4. The molecule has 1 amide bonds. The molecule has 25 heavy (non-hydrogen) atoms. The molecular formula is C20H26N4O. The van der Waals surface area contributed by atoms with Gasteiger partial charge in [-0.15, -0.1) is 0 Å². The maximum atomic E-state index is 12.4. The number of fused-ring (bicyclic) bond motifs is 1. The molecule has 3 aromatic rings. The van der Waals surface area contributed by atoms with Gasteiger partial charge in [0.25, 0.3) is 0 Å². The Morgan fingerprint density at radius 2 is 2.16 bits per heavy atom. The highest BCUT2D eigenvalue weighted by Gasteiger charge is 2.15. The molecule has 3 rings (SSSR count). The lowest BCUT2D eigenvalue weighted by Crippen LogP contribution is -2.31. The van der Waals surface area contributed by atoms with Gasteiger partial charge in [0.15, 0.2) is 0 Å². The van der Waals surface area contributed by atoms with Crippen molar-refractivity contribution in [1.29, 1.82) is 0 Å². The number of hydrogen-bond acceptors (Lipinski definition) is 2. The molecule has 0 aliphatic heterocycles. The Kier molecular flexibility index (Phi) is 4.93. The molecule has 2 aromatic heterocycles. The SMILES string of the molecule is CCc1[nH]c2c(CNC(=O)[C@H](C)Cn3cccn3)cc(C)cc2c1C. The molecule has 132 valence electrons. The number of carbonyl (C=O) groups excluding carboxylic acids is 1. The van der Waals surface area contributed by atoms with Crippen LogP contribution in [0.4, 0.5) is 0 Å². The second-order valence-corrected chi connectivity index (χ2v) is 6.78. The maximum absolute atomic E-state index is 12.4. The first-order valence-electron chi connectivity index (χ1n) is 8.85. The van der Waals surface area contributed by atoms with Crippen LogP contribution in [0, 0.1) is 19.8 Å². The van der Waals surface area contributed by atoms with Crippen molar-refractivity contribution in [2.24, 2.45) is 5.92 Å². The van der Waals surface area contributed by atoms with E-state index in [1.165, 1.54) is 22.2 Å². The van der Waals surface area contributed by atoms with Crippen LogP contribution in [0.5, 0.6) is 0 Å². The van der Waals surface area contributed by atoms with Crippen molar-refractivity contribution in [3.8, 4) is 0 Å². The molecule has 2 heterocycles. The van der Waals surface area contributed by atoms with E-state index in [-0.39, 0.29) is 11.8 Å². The van der Waals surface area contributed by atoms with E-state index in [0.717, 1.165) is 17.5 Å². The zero-order valence-corrected chi connectivity index (χ0v) is 15.4. The summed E-state index contributed by atoms with van der Waals surface area (Å²) in [6, 6.07) is 6.23. The third-order valence-corrected chi connectivity index (χ3v) is 4.77. The van der Waals surface area contributed by atoms with Crippen LogP contribution < -0.4 is 5.32 Å². The molecule has 2 N–H and O–H groups in total. The Balaban J connectivity index is 1.75. The van der Waals surface area contributed by atoms with Gasteiger partial charge in [-0.2, -0.15) is 5.10 Å². The van der Waals surface area contributed by atoms with Crippen LogP contribution in [0.3, 0.4) is 0 Å². The highest BCUT2D eigenvalue weighted by molar-refractivity contribution is 5.88. The summed E-state index contributed by atoms with van der Waals surface area (Å²) in [5, 5.41) is 8.50. The van der Waals surface area contributed by atoms with Gasteiger partial charge in [0.1, 0.15) is 0 Å². The normalized spacial score (nSPS) is 12.5. The fraction of sp³-hybridized carbons (Fsp3) is 0.400. The van der Waals surface area contributed by atoms with Crippen molar-refractivity contribution < 1.29 is 4.79 Å². The summed E-state index contributed by atoms with van der Waals surface area (Å²) in [5.74, 6) is -0.0825.